The molecule has 25 heavy (non-hydrogen) atoms. The number of hydrogen-bond donors (Lipinski definition) is 4. The average Bonchev–Trinajstić information content (AvgIpc) is 2.48. The number of sulfonamides is 1. The van der Waals surface area contributed by atoms with E-state index in [1.807, 2.05) is 0 Å². The fraction of sp³-hybridized carbons (Fsp3) is 0.467. The molecule has 2 rings (SSSR count). The molecule has 140 valence electrons. The van der Waals surface area contributed by atoms with Crippen LogP contribution in [0.2, 0.25) is 0 Å². The first kappa shape index (κ1) is 21.2. The molecule has 0 saturated carbocycles. The fourth-order valence-electron chi connectivity index (χ4n) is 2.54. The molecule has 1 fully saturated rings. The van der Waals surface area contributed by atoms with E-state index in [-0.39, 0.29) is 41.5 Å². The first-order valence-electron chi connectivity index (χ1n) is 7.65. The number of rotatable bonds is 5. The van der Waals surface area contributed by atoms with Crippen molar-refractivity contribution in [3.05, 3.63) is 23.8 Å². The summed E-state index contributed by atoms with van der Waals surface area (Å²) < 4.78 is 25.3. The van der Waals surface area contributed by atoms with Crippen molar-refractivity contribution in [2.24, 2.45) is 0 Å². The number of piperidine rings is 1. The maximum atomic E-state index is 12.6. The summed E-state index contributed by atoms with van der Waals surface area (Å²) in [7, 11) is -3.53. The van der Waals surface area contributed by atoms with Crippen LogP contribution >= 0.6 is 12.4 Å². The monoisotopic (exact) mass is 390 g/mol. The molecule has 8 nitrogen and oxygen atoms in total. The lowest BCUT2D eigenvalue weighted by atomic mass is 10.1. The van der Waals surface area contributed by atoms with E-state index in [0.717, 1.165) is 25.6 Å². The number of halogens is 1. The second-order valence-corrected chi connectivity index (χ2v) is 7.58. The number of nitrogens with one attached hydrogen (secondary N) is 4. The highest BCUT2D eigenvalue weighted by Crippen LogP contribution is 2.22. The normalized spacial score (nSPS) is 17.1. The van der Waals surface area contributed by atoms with Gasteiger partial charge in [0.2, 0.25) is 15.9 Å². The molecule has 1 unspecified atom stereocenters. The predicted octanol–water partition coefficient (Wildman–Crippen LogP) is 0.920. The van der Waals surface area contributed by atoms with Crippen LogP contribution in [-0.2, 0) is 14.8 Å². The van der Waals surface area contributed by atoms with Crippen LogP contribution in [0.5, 0.6) is 0 Å². The second kappa shape index (κ2) is 9.02. The van der Waals surface area contributed by atoms with Crippen LogP contribution in [0.1, 0.15) is 30.1 Å². The Hall–Kier alpha value is -1.84. The van der Waals surface area contributed by atoms with E-state index in [4.69, 9.17) is 0 Å². The largest absolute Gasteiger partial charge is 0.348 e. The minimum Gasteiger partial charge on any atom is -0.348 e. The van der Waals surface area contributed by atoms with Crippen molar-refractivity contribution in [1.82, 2.24) is 10.6 Å². The zero-order chi connectivity index (χ0) is 17.7. The molecule has 0 spiro atoms. The zero-order valence-corrected chi connectivity index (χ0v) is 15.7. The summed E-state index contributed by atoms with van der Waals surface area (Å²) in [4.78, 5) is 23.8. The second-order valence-electron chi connectivity index (χ2n) is 5.83. The van der Waals surface area contributed by atoms with Crippen molar-refractivity contribution >= 4 is 45.6 Å². The summed E-state index contributed by atoms with van der Waals surface area (Å²) in [5, 5.41) is 8.68. The van der Waals surface area contributed by atoms with Crippen LogP contribution in [0.25, 0.3) is 0 Å². The number of hydrogen-bond acceptors (Lipinski definition) is 5. The van der Waals surface area contributed by atoms with Crippen molar-refractivity contribution in [1.29, 1.82) is 0 Å². The van der Waals surface area contributed by atoms with Gasteiger partial charge >= 0.3 is 0 Å². The van der Waals surface area contributed by atoms with Gasteiger partial charge in [-0.05, 0) is 37.6 Å². The van der Waals surface area contributed by atoms with E-state index in [2.05, 4.69) is 20.7 Å². The molecular formula is C15H23ClN4O4S. The smallest absolute Gasteiger partial charge is 0.253 e. The van der Waals surface area contributed by atoms with E-state index < -0.39 is 10.0 Å². The van der Waals surface area contributed by atoms with Crippen LogP contribution in [-0.4, -0.2) is 45.6 Å². The number of amides is 2. The molecule has 1 heterocycles. The van der Waals surface area contributed by atoms with Crippen molar-refractivity contribution in [3.63, 3.8) is 0 Å². The Morgan fingerprint density at radius 2 is 2.00 bits per heavy atom. The standard InChI is InChI=1S/C15H22N4O4S.ClH/c1-10(20)17-11-5-6-14(19-24(2,22)23)13(8-11)15(21)18-12-4-3-7-16-9-12;/h5-6,8,12,16,19H,3-4,7,9H2,1-2H3,(H,17,20)(H,18,21);1H. The van der Waals surface area contributed by atoms with Gasteiger partial charge in [0, 0.05) is 25.2 Å². The van der Waals surface area contributed by atoms with Gasteiger partial charge in [-0.3, -0.25) is 14.3 Å². The van der Waals surface area contributed by atoms with Gasteiger partial charge in [-0.1, -0.05) is 0 Å². The Morgan fingerprint density at radius 3 is 2.56 bits per heavy atom. The first-order chi connectivity index (χ1) is 11.2. The Labute approximate surface area is 153 Å². The first-order valence-corrected chi connectivity index (χ1v) is 9.55. The lowest BCUT2D eigenvalue weighted by molar-refractivity contribution is -0.114. The minimum atomic E-state index is -3.53. The molecule has 10 heteroatoms. The summed E-state index contributed by atoms with van der Waals surface area (Å²) in [6.07, 6.45) is 2.84. The maximum Gasteiger partial charge on any atom is 0.253 e. The number of carbonyl (C=O) groups is 2. The number of carbonyl (C=O) groups excluding carboxylic acids is 2. The molecule has 1 atom stereocenters. The molecule has 0 aliphatic carbocycles. The Morgan fingerprint density at radius 1 is 1.28 bits per heavy atom. The third-order valence-electron chi connectivity index (χ3n) is 3.51. The highest BCUT2D eigenvalue weighted by molar-refractivity contribution is 7.92. The Kier molecular flexibility index (Phi) is 7.65. The van der Waals surface area contributed by atoms with Crippen molar-refractivity contribution in [2.75, 3.05) is 29.4 Å². The molecule has 0 aromatic heterocycles. The topological polar surface area (TPSA) is 116 Å². The van der Waals surface area contributed by atoms with Gasteiger partial charge in [0.1, 0.15) is 0 Å². The van der Waals surface area contributed by atoms with E-state index in [1.165, 1.54) is 25.1 Å². The predicted molar refractivity (Wildman–Crippen MR) is 99.8 cm³/mol. The SMILES string of the molecule is CC(=O)Nc1ccc(NS(C)(=O)=O)c(C(=O)NC2CCCNC2)c1.Cl. The average molecular weight is 391 g/mol. The molecule has 1 saturated heterocycles. The molecule has 1 aliphatic rings. The molecule has 2 amide bonds. The molecule has 4 N–H and O–H groups in total. The summed E-state index contributed by atoms with van der Waals surface area (Å²) in [5.41, 5.74) is 0.763. The summed E-state index contributed by atoms with van der Waals surface area (Å²) in [6, 6.07) is 4.44. The quantitative estimate of drug-likeness (QED) is 0.596. The van der Waals surface area contributed by atoms with Crippen LogP contribution < -0.4 is 20.7 Å². The van der Waals surface area contributed by atoms with E-state index in [0.29, 0.717) is 12.2 Å². The summed E-state index contributed by atoms with van der Waals surface area (Å²) in [6.45, 7) is 2.95. The van der Waals surface area contributed by atoms with Crippen molar-refractivity contribution in [2.45, 2.75) is 25.8 Å². The van der Waals surface area contributed by atoms with Gasteiger partial charge in [-0.15, -0.1) is 12.4 Å². The van der Waals surface area contributed by atoms with Gasteiger partial charge in [-0.2, -0.15) is 0 Å². The molecule has 1 aromatic carbocycles. The van der Waals surface area contributed by atoms with Gasteiger partial charge in [0.05, 0.1) is 17.5 Å². The fourth-order valence-corrected chi connectivity index (χ4v) is 3.12. The van der Waals surface area contributed by atoms with Gasteiger partial charge in [0.25, 0.3) is 5.91 Å². The highest BCUT2D eigenvalue weighted by atomic mass is 35.5. The van der Waals surface area contributed by atoms with Crippen LogP contribution in [0.3, 0.4) is 0 Å². The Balaban J connectivity index is 0.00000312. The van der Waals surface area contributed by atoms with Crippen molar-refractivity contribution < 1.29 is 18.0 Å². The molecule has 0 radical (unpaired) electrons. The highest BCUT2D eigenvalue weighted by Gasteiger charge is 2.20. The maximum absolute atomic E-state index is 12.6. The van der Waals surface area contributed by atoms with Gasteiger partial charge in [-0.25, -0.2) is 8.42 Å². The van der Waals surface area contributed by atoms with Crippen LogP contribution in [0, 0.1) is 0 Å². The lowest BCUT2D eigenvalue weighted by Gasteiger charge is -2.24. The van der Waals surface area contributed by atoms with E-state index in [1.54, 1.807) is 0 Å². The summed E-state index contributed by atoms with van der Waals surface area (Å²) in [5.74, 6) is -0.663. The zero-order valence-electron chi connectivity index (χ0n) is 14.1. The van der Waals surface area contributed by atoms with Crippen LogP contribution in [0.4, 0.5) is 11.4 Å². The number of anilines is 2. The van der Waals surface area contributed by atoms with Gasteiger partial charge in [0.15, 0.2) is 0 Å². The van der Waals surface area contributed by atoms with Gasteiger partial charge < -0.3 is 16.0 Å². The lowest BCUT2D eigenvalue weighted by Crippen LogP contribution is -2.45. The molecular weight excluding hydrogens is 368 g/mol. The van der Waals surface area contributed by atoms with Crippen molar-refractivity contribution in [3.8, 4) is 0 Å². The third-order valence-corrected chi connectivity index (χ3v) is 4.10. The van der Waals surface area contributed by atoms with Crippen LogP contribution in [0.15, 0.2) is 18.2 Å². The molecule has 0 bridgehead atoms. The minimum absolute atomic E-state index is 0. The summed E-state index contributed by atoms with van der Waals surface area (Å²) >= 11 is 0. The van der Waals surface area contributed by atoms with E-state index >= 15 is 0 Å². The molecule has 1 aliphatic heterocycles. The van der Waals surface area contributed by atoms with E-state index in [9.17, 15) is 18.0 Å². The Bertz CT molecular complexity index is 733. The third kappa shape index (κ3) is 6.89. The molecule has 1 aromatic rings. The number of benzene rings is 1.